The summed E-state index contributed by atoms with van der Waals surface area (Å²) in [5.41, 5.74) is 0.937. The van der Waals surface area contributed by atoms with Gasteiger partial charge in [0.1, 0.15) is 5.75 Å². The molecular weight excluding hydrogens is 308 g/mol. The minimum Gasteiger partial charge on any atom is -0.508 e. The topological polar surface area (TPSA) is 52.6 Å². The van der Waals surface area contributed by atoms with Crippen LogP contribution in [0.25, 0.3) is 0 Å². The molecule has 104 valence electrons. The standard InChI is InChI=1S/C14H19BrN2O2/c1-10(18)16-13-4-6-17(7-5-13)9-11-8-12(15)2-3-14(11)19/h2-3,8,13,19H,4-7,9H2,1H3,(H,16,18). The fourth-order valence-electron chi connectivity index (χ4n) is 2.44. The number of phenols is 1. The maximum absolute atomic E-state index is 11.0. The van der Waals surface area contributed by atoms with Crippen LogP contribution in [0.4, 0.5) is 0 Å². The van der Waals surface area contributed by atoms with Gasteiger partial charge in [-0.2, -0.15) is 0 Å². The van der Waals surface area contributed by atoms with Gasteiger partial charge in [-0.25, -0.2) is 0 Å². The van der Waals surface area contributed by atoms with Crippen molar-refractivity contribution in [2.75, 3.05) is 13.1 Å². The summed E-state index contributed by atoms with van der Waals surface area (Å²) in [5, 5.41) is 12.8. The van der Waals surface area contributed by atoms with Crippen molar-refractivity contribution in [1.29, 1.82) is 0 Å². The molecule has 0 spiro atoms. The van der Waals surface area contributed by atoms with Crippen molar-refractivity contribution in [2.45, 2.75) is 32.4 Å². The van der Waals surface area contributed by atoms with Gasteiger partial charge in [-0.05, 0) is 31.0 Å². The Bertz CT molecular complexity index is 457. The van der Waals surface area contributed by atoms with Gasteiger partial charge in [0.2, 0.25) is 5.91 Å². The smallest absolute Gasteiger partial charge is 0.217 e. The van der Waals surface area contributed by atoms with Crippen LogP contribution in [-0.4, -0.2) is 35.0 Å². The molecule has 1 saturated heterocycles. The third-order valence-corrected chi connectivity index (χ3v) is 3.92. The molecule has 0 aromatic heterocycles. The number of phenolic OH excluding ortho intramolecular Hbond substituents is 1. The molecule has 1 fully saturated rings. The van der Waals surface area contributed by atoms with Crippen molar-refractivity contribution in [3.63, 3.8) is 0 Å². The molecule has 4 nitrogen and oxygen atoms in total. The molecule has 1 aromatic rings. The number of amides is 1. The molecule has 1 aromatic carbocycles. The molecular formula is C14H19BrN2O2. The minimum absolute atomic E-state index is 0.0445. The number of carbonyl (C=O) groups is 1. The molecule has 19 heavy (non-hydrogen) atoms. The van der Waals surface area contributed by atoms with Gasteiger partial charge < -0.3 is 10.4 Å². The summed E-state index contributed by atoms with van der Waals surface area (Å²) in [6.45, 7) is 4.19. The van der Waals surface area contributed by atoms with Crippen LogP contribution in [0.15, 0.2) is 22.7 Å². The van der Waals surface area contributed by atoms with Crippen molar-refractivity contribution < 1.29 is 9.90 Å². The zero-order valence-electron chi connectivity index (χ0n) is 11.0. The summed E-state index contributed by atoms with van der Waals surface area (Å²) in [4.78, 5) is 13.3. The first-order valence-electron chi connectivity index (χ1n) is 6.51. The number of rotatable bonds is 3. The lowest BCUT2D eigenvalue weighted by atomic mass is 10.0. The highest BCUT2D eigenvalue weighted by atomic mass is 79.9. The maximum atomic E-state index is 11.0. The second-order valence-electron chi connectivity index (χ2n) is 5.02. The lowest BCUT2D eigenvalue weighted by molar-refractivity contribution is -0.119. The average molecular weight is 327 g/mol. The van der Waals surface area contributed by atoms with Gasteiger partial charge >= 0.3 is 0 Å². The number of aromatic hydroxyl groups is 1. The Balaban J connectivity index is 1.88. The number of benzene rings is 1. The first-order valence-corrected chi connectivity index (χ1v) is 7.31. The number of hydrogen-bond acceptors (Lipinski definition) is 3. The van der Waals surface area contributed by atoms with Crippen LogP contribution < -0.4 is 5.32 Å². The van der Waals surface area contributed by atoms with E-state index in [1.807, 2.05) is 12.1 Å². The summed E-state index contributed by atoms with van der Waals surface area (Å²) in [7, 11) is 0. The number of hydrogen-bond donors (Lipinski definition) is 2. The van der Waals surface area contributed by atoms with Crippen LogP contribution in [-0.2, 0) is 11.3 Å². The van der Waals surface area contributed by atoms with Crippen LogP contribution in [0.3, 0.4) is 0 Å². The molecule has 1 aliphatic rings. The first-order chi connectivity index (χ1) is 9.04. The molecule has 2 rings (SSSR count). The molecule has 0 radical (unpaired) electrons. The highest BCUT2D eigenvalue weighted by Gasteiger charge is 2.20. The normalized spacial score (nSPS) is 17.4. The van der Waals surface area contributed by atoms with Crippen molar-refractivity contribution in [3.05, 3.63) is 28.2 Å². The number of piperidine rings is 1. The van der Waals surface area contributed by atoms with E-state index in [0.717, 1.165) is 42.5 Å². The average Bonchev–Trinajstić information content (AvgIpc) is 2.35. The lowest BCUT2D eigenvalue weighted by Gasteiger charge is -2.32. The summed E-state index contributed by atoms with van der Waals surface area (Å²) in [6, 6.07) is 5.80. The van der Waals surface area contributed by atoms with Crippen molar-refractivity contribution >= 4 is 21.8 Å². The van der Waals surface area contributed by atoms with Gasteiger partial charge in [0.05, 0.1) is 0 Å². The highest BCUT2D eigenvalue weighted by Crippen LogP contribution is 2.24. The van der Waals surface area contributed by atoms with Gasteiger partial charge in [0, 0.05) is 42.6 Å². The summed E-state index contributed by atoms with van der Waals surface area (Å²) in [6.07, 6.45) is 1.93. The summed E-state index contributed by atoms with van der Waals surface area (Å²) >= 11 is 3.42. The Kier molecular flexibility index (Phi) is 4.82. The number of halogens is 1. The second kappa shape index (κ2) is 6.39. The fraction of sp³-hybridized carbons (Fsp3) is 0.500. The number of nitrogens with one attached hydrogen (secondary N) is 1. The van der Waals surface area contributed by atoms with E-state index in [0.29, 0.717) is 11.8 Å². The molecule has 1 aliphatic heterocycles. The quantitative estimate of drug-likeness (QED) is 0.895. The van der Waals surface area contributed by atoms with E-state index in [2.05, 4.69) is 26.1 Å². The van der Waals surface area contributed by atoms with E-state index in [1.165, 1.54) is 0 Å². The largest absolute Gasteiger partial charge is 0.508 e. The number of nitrogens with zero attached hydrogens (tertiary/aromatic N) is 1. The first kappa shape index (κ1) is 14.3. The molecule has 0 bridgehead atoms. The van der Waals surface area contributed by atoms with Gasteiger partial charge in [0.15, 0.2) is 0 Å². The van der Waals surface area contributed by atoms with E-state index in [-0.39, 0.29) is 5.91 Å². The molecule has 1 amide bonds. The van der Waals surface area contributed by atoms with Gasteiger partial charge in [-0.3, -0.25) is 9.69 Å². The Hall–Kier alpha value is -1.07. The molecule has 2 N–H and O–H groups in total. The van der Waals surface area contributed by atoms with Gasteiger partial charge in [-0.15, -0.1) is 0 Å². The highest BCUT2D eigenvalue weighted by molar-refractivity contribution is 9.10. The third-order valence-electron chi connectivity index (χ3n) is 3.43. The second-order valence-corrected chi connectivity index (χ2v) is 5.94. The summed E-state index contributed by atoms with van der Waals surface area (Å²) < 4.78 is 0.980. The van der Waals surface area contributed by atoms with Crippen molar-refractivity contribution in [3.8, 4) is 5.75 Å². The predicted octanol–water partition coefficient (Wildman–Crippen LogP) is 2.26. The van der Waals surface area contributed by atoms with Gasteiger partial charge in [0.25, 0.3) is 0 Å². The minimum atomic E-state index is 0.0445. The zero-order valence-corrected chi connectivity index (χ0v) is 12.6. The Morgan fingerprint density at radius 3 is 2.79 bits per heavy atom. The lowest BCUT2D eigenvalue weighted by Crippen LogP contribution is -2.43. The number of likely N-dealkylation sites (tertiary alicyclic amines) is 1. The molecule has 5 heteroatoms. The fourth-order valence-corrected chi connectivity index (χ4v) is 2.85. The SMILES string of the molecule is CC(=O)NC1CCN(Cc2cc(Br)ccc2O)CC1. The molecule has 0 aliphatic carbocycles. The van der Waals surface area contributed by atoms with Crippen LogP contribution in [0, 0.1) is 0 Å². The third kappa shape index (κ3) is 4.21. The van der Waals surface area contributed by atoms with E-state index in [4.69, 9.17) is 0 Å². The maximum Gasteiger partial charge on any atom is 0.217 e. The van der Waals surface area contributed by atoms with E-state index in [1.54, 1.807) is 13.0 Å². The van der Waals surface area contributed by atoms with Crippen molar-refractivity contribution in [1.82, 2.24) is 10.2 Å². The molecule has 0 saturated carbocycles. The van der Waals surface area contributed by atoms with E-state index in [9.17, 15) is 9.90 Å². The number of carbonyl (C=O) groups excluding carboxylic acids is 1. The summed E-state index contributed by atoms with van der Waals surface area (Å²) in [5.74, 6) is 0.385. The zero-order chi connectivity index (χ0) is 13.8. The monoisotopic (exact) mass is 326 g/mol. The molecule has 0 atom stereocenters. The van der Waals surface area contributed by atoms with E-state index < -0.39 is 0 Å². The molecule has 0 unspecified atom stereocenters. The van der Waals surface area contributed by atoms with Crippen LogP contribution in [0.1, 0.15) is 25.3 Å². The van der Waals surface area contributed by atoms with Crippen LogP contribution >= 0.6 is 15.9 Å². The Labute approximate surface area is 121 Å². The molecule has 1 heterocycles. The van der Waals surface area contributed by atoms with Gasteiger partial charge in [-0.1, -0.05) is 15.9 Å². The van der Waals surface area contributed by atoms with Crippen LogP contribution in [0.2, 0.25) is 0 Å². The van der Waals surface area contributed by atoms with Crippen LogP contribution in [0.5, 0.6) is 5.75 Å². The predicted molar refractivity (Wildman–Crippen MR) is 77.9 cm³/mol. The van der Waals surface area contributed by atoms with E-state index >= 15 is 0 Å². The Morgan fingerprint density at radius 1 is 1.47 bits per heavy atom. The van der Waals surface area contributed by atoms with Crippen molar-refractivity contribution in [2.24, 2.45) is 0 Å². The Morgan fingerprint density at radius 2 is 2.16 bits per heavy atom.